The highest BCUT2D eigenvalue weighted by molar-refractivity contribution is 5.81. The molecule has 0 radical (unpaired) electrons. The number of amidine groups is 1. The number of methoxy groups -OCH3 is 1. The SMILES string of the molecule is COCC1CC(F)(F)CN1C/C(N)=N/O. The highest BCUT2D eigenvalue weighted by Crippen LogP contribution is 2.31. The van der Waals surface area contributed by atoms with Crippen molar-refractivity contribution < 1.29 is 18.7 Å². The van der Waals surface area contributed by atoms with Crippen LogP contribution in [0.5, 0.6) is 0 Å². The van der Waals surface area contributed by atoms with Gasteiger partial charge in [0.15, 0.2) is 5.84 Å². The van der Waals surface area contributed by atoms with E-state index in [9.17, 15) is 8.78 Å². The molecule has 1 saturated heterocycles. The number of nitrogens with zero attached hydrogens (tertiary/aromatic N) is 2. The van der Waals surface area contributed by atoms with Gasteiger partial charge in [0.25, 0.3) is 5.92 Å². The number of likely N-dealkylation sites (tertiary alicyclic amines) is 1. The predicted molar refractivity (Wildman–Crippen MR) is 50.2 cm³/mol. The number of rotatable bonds is 4. The summed E-state index contributed by atoms with van der Waals surface area (Å²) in [7, 11) is 1.46. The van der Waals surface area contributed by atoms with Crippen LogP contribution in [0.4, 0.5) is 8.78 Å². The molecule has 3 N–H and O–H groups in total. The molecule has 0 saturated carbocycles. The summed E-state index contributed by atoms with van der Waals surface area (Å²) in [6.07, 6.45) is -0.250. The quantitative estimate of drug-likeness (QED) is 0.306. The lowest BCUT2D eigenvalue weighted by Gasteiger charge is -2.21. The summed E-state index contributed by atoms with van der Waals surface area (Å²) in [5.41, 5.74) is 5.27. The topological polar surface area (TPSA) is 71.1 Å². The second kappa shape index (κ2) is 4.71. The van der Waals surface area contributed by atoms with E-state index in [1.165, 1.54) is 12.0 Å². The molecule has 0 aliphatic carbocycles. The first kappa shape index (κ1) is 12.1. The molecular formula is C8H15F2N3O2. The lowest BCUT2D eigenvalue weighted by Crippen LogP contribution is -2.40. The normalized spacial score (nSPS) is 27.1. The Morgan fingerprint density at radius 3 is 2.93 bits per heavy atom. The monoisotopic (exact) mass is 223 g/mol. The van der Waals surface area contributed by atoms with Gasteiger partial charge in [0.1, 0.15) is 0 Å². The van der Waals surface area contributed by atoms with Crippen molar-refractivity contribution in [1.82, 2.24) is 4.90 Å². The van der Waals surface area contributed by atoms with Gasteiger partial charge in [-0.3, -0.25) is 4.90 Å². The van der Waals surface area contributed by atoms with Gasteiger partial charge in [-0.25, -0.2) is 8.78 Å². The van der Waals surface area contributed by atoms with Gasteiger partial charge in [-0.05, 0) is 0 Å². The highest BCUT2D eigenvalue weighted by Gasteiger charge is 2.44. The number of halogens is 2. The van der Waals surface area contributed by atoms with Gasteiger partial charge in [0.05, 0.1) is 19.7 Å². The van der Waals surface area contributed by atoms with Crippen molar-refractivity contribution in [3.63, 3.8) is 0 Å². The Labute approximate surface area is 86.5 Å². The first-order valence-corrected chi connectivity index (χ1v) is 4.55. The highest BCUT2D eigenvalue weighted by atomic mass is 19.3. The number of alkyl halides is 2. The van der Waals surface area contributed by atoms with Crippen molar-refractivity contribution >= 4 is 5.84 Å². The van der Waals surface area contributed by atoms with Gasteiger partial charge in [0.2, 0.25) is 0 Å². The molecule has 88 valence electrons. The molecule has 1 heterocycles. The third kappa shape index (κ3) is 3.28. The van der Waals surface area contributed by atoms with Crippen molar-refractivity contribution in [2.75, 3.05) is 26.8 Å². The second-order valence-electron chi connectivity index (χ2n) is 3.67. The predicted octanol–water partition coefficient (Wildman–Crippen LogP) is 0.0888. The Morgan fingerprint density at radius 2 is 2.40 bits per heavy atom. The summed E-state index contributed by atoms with van der Waals surface area (Å²) < 4.78 is 31.0. The van der Waals surface area contributed by atoms with E-state index in [-0.39, 0.29) is 38.0 Å². The second-order valence-corrected chi connectivity index (χ2v) is 3.67. The number of ether oxygens (including phenoxy) is 1. The molecule has 1 fully saturated rings. The van der Waals surface area contributed by atoms with E-state index in [4.69, 9.17) is 15.7 Å². The first-order chi connectivity index (χ1) is 6.98. The van der Waals surface area contributed by atoms with Crippen LogP contribution in [-0.2, 0) is 4.74 Å². The van der Waals surface area contributed by atoms with Crippen LogP contribution >= 0.6 is 0 Å². The van der Waals surface area contributed by atoms with Crippen molar-refractivity contribution in [3.05, 3.63) is 0 Å². The molecule has 1 rings (SSSR count). The number of oxime groups is 1. The smallest absolute Gasteiger partial charge is 0.262 e. The van der Waals surface area contributed by atoms with Crippen LogP contribution in [0.15, 0.2) is 5.16 Å². The molecule has 1 atom stereocenters. The Bertz CT molecular complexity index is 248. The van der Waals surface area contributed by atoms with Crippen LogP contribution in [-0.4, -0.2) is 54.7 Å². The number of hydrogen-bond donors (Lipinski definition) is 2. The maximum absolute atomic E-state index is 13.1. The zero-order chi connectivity index (χ0) is 11.5. The minimum absolute atomic E-state index is 0.0279. The zero-order valence-corrected chi connectivity index (χ0v) is 8.49. The molecule has 5 nitrogen and oxygen atoms in total. The Balaban J connectivity index is 2.60. The summed E-state index contributed by atoms with van der Waals surface area (Å²) in [4.78, 5) is 1.46. The van der Waals surface area contributed by atoms with E-state index in [0.29, 0.717) is 0 Å². The maximum Gasteiger partial charge on any atom is 0.262 e. The molecule has 0 spiro atoms. The van der Waals surface area contributed by atoms with E-state index in [1.54, 1.807) is 0 Å². The van der Waals surface area contributed by atoms with Gasteiger partial charge in [-0.1, -0.05) is 5.16 Å². The van der Waals surface area contributed by atoms with Crippen LogP contribution in [0.25, 0.3) is 0 Å². The van der Waals surface area contributed by atoms with E-state index < -0.39 is 5.92 Å². The fourth-order valence-corrected chi connectivity index (χ4v) is 1.75. The van der Waals surface area contributed by atoms with E-state index in [1.807, 2.05) is 0 Å². The Kier molecular flexibility index (Phi) is 3.81. The summed E-state index contributed by atoms with van der Waals surface area (Å²) >= 11 is 0. The third-order valence-electron chi connectivity index (χ3n) is 2.34. The van der Waals surface area contributed by atoms with Crippen LogP contribution < -0.4 is 5.73 Å². The van der Waals surface area contributed by atoms with Crippen molar-refractivity contribution in [2.45, 2.75) is 18.4 Å². The molecule has 0 aromatic carbocycles. The molecule has 1 aliphatic heterocycles. The fraction of sp³-hybridized carbons (Fsp3) is 0.875. The number of hydrogen-bond acceptors (Lipinski definition) is 4. The summed E-state index contributed by atoms with van der Waals surface area (Å²) in [5, 5.41) is 11.1. The van der Waals surface area contributed by atoms with Gasteiger partial charge < -0.3 is 15.7 Å². The summed E-state index contributed by atoms with van der Waals surface area (Å²) in [6, 6.07) is -0.384. The van der Waals surface area contributed by atoms with Crippen molar-refractivity contribution in [3.8, 4) is 0 Å². The standard InChI is InChI=1S/C8H15F2N3O2/c1-15-4-6-2-8(9,10)5-13(6)3-7(11)12-14/h6,14H,2-5H2,1H3,(H2,11,12). The maximum atomic E-state index is 13.1. The van der Waals surface area contributed by atoms with Crippen molar-refractivity contribution in [2.24, 2.45) is 10.9 Å². The Hall–Kier alpha value is -0.950. The van der Waals surface area contributed by atoms with E-state index >= 15 is 0 Å². The molecule has 7 heteroatoms. The Morgan fingerprint density at radius 1 is 1.73 bits per heavy atom. The lowest BCUT2D eigenvalue weighted by molar-refractivity contribution is 0.0126. The molecule has 1 unspecified atom stereocenters. The number of nitrogens with two attached hydrogens (primary N) is 1. The summed E-state index contributed by atoms with van der Waals surface area (Å²) in [6.45, 7) is -0.133. The van der Waals surface area contributed by atoms with Gasteiger partial charge >= 0.3 is 0 Å². The fourth-order valence-electron chi connectivity index (χ4n) is 1.75. The minimum atomic E-state index is -2.72. The largest absolute Gasteiger partial charge is 0.409 e. The third-order valence-corrected chi connectivity index (χ3v) is 2.34. The average Bonchev–Trinajstić information content (AvgIpc) is 2.41. The van der Waals surface area contributed by atoms with Gasteiger partial charge in [0, 0.05) is 19.6 Å². The zero-order valence-electron chi connectivity index (χ0n) is 8.49. The van der Waals surface area contributed by atoms with Gasteiger partial charge in [-0.15, -0.1) is 0 Å². The van der Waals surface area contributed by atoms with Gasteiger partial charge in [-0.2, -0.15) is 0 Å². The van der Waals surface area contributed by atoms with Crippen LogP contribution in [0.2, 0.25) is 0 Å². The molecule has 0 amide bonds. The average molecular weight is 223 g/mol. The van der Waals surface area contributed by atoms with Crippen LogP contribution in [0.1, 0.15) is 6.42 Å². The minimum Gasteiger partial charge on any atom is -0.409 e. The lowest BCUT2D eigenvalue weighted by atomic mass is 10.2. The van der Waals surface area contributed by atoms with Crippen LogP contribution in [0, 0.1) is 0 Å². The molecule has 1 aliphatic rings. The summed E-state index contributed by atoms with van der Waals surface area (Å²) in [5.74, 6) is -2.80. The van der Waals surface area contributed by atoms with Crippen molar-refractivity contribution in [1.29, 1.82) is 0 Å². The molecule has 0 aromatic heterocycles. The molecule has 15 heavy (non-hydrogen) atoms. The van der Waals surface area contributed by atoms with E-state index in [0.717, 1.165) is 0 Å². The van der Waals surface area contributed by atoms with E-state index in [2.05, 4.69) is 5.16 Å². The van der Waals surface area contributed by atoms with Crippen LogP contribution in [0.3, 0.4) is 0 Å². The molecule has 0 aromatic rings. The molecule has 0 bridgehead atoms. The molecular weight excluding hydrogens is 208 g/mol. The first-order valence-electron chi connectivity index (χ1n) is 4.55.